The highest BCUT2D eigenvalue weighted by Gasteiger charge is 2.47. The zero-order chi connectivity index (χ0) is 14.4. The van der Waals surface area contributed by atoms with Crippen molar-refractivity contribution in [1.29, 1.82) is 0 Å². The number of carbonyl (C=O) groups excluding carboxylic acids is 2. The number of ether oxygens (including phenoxy) is 1. The highest BCUT2D eigenvalue weighted by molar-refractivity contribution is 7.94. The van der Waals surface area contributed by atoms with Gasteiger partial charge in [0.2, 0.25) is 5.91 Å². The first-order valence-corrected chi connectivity index (χ1v) is 6.98. The van der Waals surface area contributed by atoms with Gasteiger partial charge in [-0.05, 0) is 32.0 Å². The van der Waals surface area contributed by atoms with E-state index in [1.54, 1.807) is 0 Å². The zero-order valence-corrected chi connectivity index (χ0v) is 11.5. The van der Waals surface area contributed by atoms with E-state index in [1.165, 1.54) is 39.2 Å². The summed E-state index contributed by atoms with van der Waals surface area (Å²) in [5.74, 6) is -1.22. The first-order valence-electron chi connectivity index (χ1n) is 5.50. The Kier molecular flexibility index (Phi) is 2.89. The minimum atomic E-state index is -3.85. The summed E-state index contributed by atoms with van der Waals surface area (Å²) in [6, 6.07) is 4.00. The quantitative estimate of drug-likeness (QED) is 0.776. The summed E-state index contributed by atoms with van der Waals surface area (Å²) in [7, 11) is -2.64. The van der Waals surface area contributed by atoms with Crippen LogP contribution in [0, 0.1) is 0 Å². The van der Waals surface area contributed by atoms with Crippen molar-refractivity contribution in [3.8, 4) is 0 Å². The van der Waals surface area contributed by atoms with Crippen LogP contribution in [-0.4, -0.2) is 32.2 Å². The van der Waals surface area contributed by atoms with Crippen molar-refractivity contribution in [3.63, 3.8) is 0 Å². The van der Waals surface area contributed by atoms with Gasteiger partial charge >= 0.3 is 5.97 Å². The van der Waals surface area contributed by atoms with Crippen LogP contribution < -0.4 is 5.32 Å². The second kappa shape index (κ2) is 4.06. The van der Waals surface area contributed by atoms with E-state index in [0.29, 0.717) is 0 Å². The second-order valence-corrected chi connectivity index (χ2v) is 7.14. The molecule has 0 bridgehead atoms. The summed E-state index contributed by atoms with van der Waals surface area (Å²) in [5.41, 5.74) is 0.300. The SMILES string of the molecule is COC(=O)c1ccc2c(c1)S(=O)(=O)C(C)(C)C(=O)N2. The highest BCUT2D eigenvalue weighted by atomic mass is 32.2. The summed E-state index contributed by atoms with van der Waals surface area (Å²) in [6.07, 6.45) is 0. The molecule has 1 aliphatic rings. The molecule has 1 N–H and O–H groups in total. The van der Waals surface area contributed by atoms with Gasteiger partial charge in [-0.3, -0.25) is 4.79 Å². The van der Waals surface area contributed by atoms with Gasteiger partial charge in [0.05, 0.1) is 23.3 Å². The molecule has 1 aliphatic heterocycles. The van der Waals surface area contributed by atoms with E-state index in [0.717, 1.165) is 0 Å². The predicted molar refractivity (Wildman–Crippen MR) is 67.7 cm³/mol. The van der Waals surface area contributed by atoms with E-state index in [9.17, 15) is 18.0 Å². The van der Waals surface area contributed by atoms with E-state index in [4.69, 9.17) is 0 Å². The van der Waals surface area contributed by atoms with E-state index < -0.39 is 26.5 Å². The van der Waals surface area contributed by atoms with E-state index >= 15 is 0 Å². The van der Waals surface area contributed by atoms with Gasteiger partial charge in [-0.2, -0.15) is 0 Å². The van der Waals surface area contributed by atoms with Gasteiger partial charge in [-0.25, -0.2) is 13.2 Å². The molecule has 0 aliphatic carbocycles. The molecule has 102 valence electrons. The van der Waals surface area contributed by atoms with Gasteiger partial charge < -0.3 is 10.1 Å². The topological polar surface area (TPSA) is 89.5 Å². The molecule has 19 heavy (non-hydrogen) atoms. The van der Waals surface area contributed by atoms with Gasteiger partial charge in [0.1, 0.15) is 4.75 Å². The molecular weight excluding hydrogens is 270 g/mol. The minimum absolute atomic E-state index is 0.0694. The lowest BCUT2D eigenvalue weighted by Crippen LogP contribution is -2.48. The maximum atomic E-state index is 12.4. The molecule has 6 nitrogen and oxygen atoms in total. The number of anilines is 1. The van der Waals surface area contributed by atoms with Crippen molar-refractivity contribution < 1.29 is 22.7 Å². The summed E-state index contributed by atoms with van der Waals surface area (Å²) < 4.78 is 27.7. The second-order valence-electron chi connectivity index (χ2n) is 4.67. The molecule has 0 unspecified atom stereocenters. The lowest BCUT2D eigenvalue weighted by atomic mass is 10.1. The predicted octanol–water partition coefficient (Wildman–Crippen LogP) is 0.978. The maximum Gasteiger partial charge on any atom is 0.337 e. The standard InChI is InChI=1S/C12H13NO5S/c1-12(2)11(15)13-8-5-4-7(10(14)18-3)6-9(8)19(12,16)17/h4-6H,1-3H3,(H,13,15). The molecule has 1 aromatic rings. The van der Waals surface area contributed by atoms with Crippen molar-refractivity contribution in [2.24, 2.45) is 0 Å². The molecule has 0 fully saturated rings. The Balaban J connectivity index is 2.69. The maximum absolute atomic E-state index is 12.4. The van der Waals surface area contributed by atoms with Crippen LogP contribution in [0.3, 0.4) is 0 Å². The molecular formula is C12H13NO5S. The molecule has 0 saturated heterocycles. The van der Waals surface area contributed by atoms with Crippen LogP contribution in [-0.2, 0) is 19.4 Å². The molecule has 0 radical (unpaired) electrons. The van der Waals surface area contributed by atoms with Crippen LogP contribution in [0.5, 0.6) is 0 Å². The Hall–Kier alpha value is -1.89. The van der Waals surface area contributed by atoms with E-state index in [2.05, 4.69) is 10.1 Å². The van der Waals surface area contributed by atoms with Gasteiger partial charge in [0, 0.05) is 0 Å². The molecule has 0 aromatic heterocycles. The van der Waals surface area contributed by atoms with E-state index in [-0.39, 0.29) is 16.1 Å². The average molecular weight is 283 g/mol. The molecule has 2 rings (SSSR count). The summed E-state index contributed by atoms with van der Waals surface area (Å²) in [6.45, 7) is 2.65. The number of esters is 1. The fourth-order valence-corrected chi connectivity index (χ4v) is 3.30. The van der Waals surface area contributed by atoms with Crippen molar-refractivity contribution in [3.05, 3.63) is 23.8 Å². The molecule has 1 aromatic carbocycles. The Morgan fingerprint density at radius 2 is 1.95 bits per heavy atom. The number of fused-ring (bicyclic) bond motifs is 1. The van der Waals surface area contributed by atoms with Gasteiger partial charge in [0.25, 0.3) is 0 Å². The van der Waals surface area contributed by atoms with Crippen molar-refractivity contribution >= 4 is 27.4 Å². The van der Waals surface area contributed by atoms with Crippen molar-refractivity contribution in [1.82, 2.24) is 0 Å². The number of hydrogen-bond acceptors (Lipinski definition) is 5. The lowest BCUT2D eigenvalue weighted by molar-refractivity contribution is -0.118. The summed E-state index contributed by atoms with van der Waals surface area (Å²) >= 11 is 0. The average Bonchev–Trinajstić information content (AvgIpc) is 2.36. The van der Waals surface area contributed by atoms with Crippen LogP contribution in [0.4, 0.5) is 5.69 Å². The molecule has 0 spiro atoms. The Morgan fingerprint density at radius 3 is 2.53 bits per heavy atom. The molecule has 7 heteroatoms. The number of sulfone groups is 1. The third kappa shape index (κ3) is 1.81. The highest BCUT2D eigenvalue weighted by Crippen LogP contribution is 2.36. The number of hydrogen-bond donors (Lipinski definition) is 1. The smallest absolute Gasteiger partial charge is 0.337 e. The van der Waals surface area contributed by atoms with E-state index in [1.807, 2.05) is 0 Å². The number of rotatable bonds is 1. The third-order valence-electron chi connectivity index (χ3n) is 3.16. The van der Waals surface area contributed by atoms with Gasteiger partial charge in [-0.1, -0.05) is 0 Å². The Morgan fingerprint density at radius 1 is 1.32 bits per heavy atom. The number of methoxy groups -OCH3 is 1. The Labute approximate surface area is 110 Å². The fourth-order valence-electron chi connectivity index (χ4n) is 1.76. The molecule has 1 amide bonds. The minimum Gasteiger partial charge on any atom is -0.465 e. The molecule has 0 saturated carbocycles. The number of benzene rings is 1. The normalized spacial score (nSPS) is 19.2. The third-order valence-corrected chi connectivity index (χ3v) is 5.60. The monoisotopic (exact) mass is 283 g/mol. The van der Waals surface area contributed by atoms with Crippen LogP contribution in [0.2, 0.25) is 0 Å². The number of amides is 1. The van der Waals surface area contributed by atoms with Crippen LogP contribution in [0.1, 0.15) is 24.2 Å². The number of carbonyl (C=O) groups is 2. The fraction of sp³-hybridized carbons (Fsp3) is 0.333. The zero-order valence-electron chi connectivity index (χ0n) is 10.7. The first kappa shape index (κ1) is 13.5. The van der Waals surface area contributed by atoms with Crippen molar-refractivity contribution in [2.75, 3.05) is 12.4 Å². The summed E-state index contributed by atoms with van der Waals surface area (Å²) in [4.78, 5) is 23.1. The summed E-state index contributed by atoms with van der Waals surface area (Å²) in [5, 5.41) is 2.52. The van der Waals surface area contributed by atoms with Crippen LogP contribution >= 0.6 is 0 Å². The lowest BCUT2D eigenvalue weighted by Gasteiger charge is -2.30. The van der Waals surface area contributed by atoms with Crippen LogP contribution in [0.15, 0.2) is 23.1 Å². The Bertz CT molecular complexity index is 675. The van der Waals surface area contributed by atoms with Gasteiger partial charge in [-0.15, -0.1) is 0 Å². The van der Waals surface area contributed by atoms with Crippen molar-refractivity contribution in [2.45, 2.75) is 23.5 Å². The molecule has 0 atom stereocenters. The largest absolute Gasteiger partial charge is 0.465 e. The number of nitrogens with one attached hydrogen (secondary N) is 1. The van der Waals surface area contributed by atoms with Crippen LogP contribution in [0.25, 0.3) is 0 Å². The molecule has 1 heterocycles. The first-order chi connectivity index (χ1) is 8.71. The van der Waals surface area contributed by atoms with Gasteiger partial charge in [0.15, 0.2) is 9.84 Å².